The van der Waals surface area contributed by atoms with Crippen LogP contribution in [0.5, 0.6) is 0 Å². The van der Waals surface area contributed by atoms with E-state index in [4.69, 9.17) is 99.8 Å². The number of carbonyl (C=O) groups excluding carboxylic acids is 7. The Morgan fingerprint density at radius 2 is 0.701 bits per heavy atom. The minimum atomic E-state index is -1.46. The van der Waals surface area contributed by atoms with Crippen LogP contribution in [0.25, 0.3) is 0 Å². The predicted molar refractivity (Wildman–Crippen MR) is 566 cm³/mol. The summed E-state index contributed by atoms with van der Waals surface area (Å²) in [6, 6.07) is 40.9. The number of carbonyl (C=O) groups is 8. The fourth-order valence-electron chi connectivity index (χ4n) is 21.4. The second kappa shape index (κ2) is 43.5. The lowest BCUT2D eigenvalue weighted by Crippen LogP contribution is -2.50. The van der Waals surface area contributed by atoms with Crippen LogP contribution in [0.2, 0.25) is 30.1 Å². The molecule has 0 saturated carbocycles. The first kappa shape index (κ1) is 109. The third-order valence-corrected chi connectivity index (χ3v) is 33.1. The Morgan fingerprint density at radius 3 is 0.979 bits per heavy atom. The molecule has 144 heavy (non-hydrogen) atoms. The molecule has 12 heterocycles. The van der Waals surface area contributed by atoms with E-state index in [0.29, 0.717) is 102 Å². The number of hydrogen-bond donors (Lipinski definition) is 5. The summed E-state index contributed by atoms with van der Waals surface area (Å²) in [4.78, 5) is 138. The molecular weight excluding hydrogens is 2030 g/mol. The molecule has 12 aliphatic heterocycles. The van der Waals surface area contributed by atoms with Crippen LogP contribution in [0, 0.1) is 17.8 Å². The molecule has 0 aliphatic carbocycles. The number of halogens is 9. The van der Waals surface area contributed by atoms with Gasteiger partial charge in [0.05, 0.1) is 49.3 Å². The Bertz CT molecular complexity index is 6070. The number of nitrogens with zero attached hydrogens (tertiary/aromatic N) is 11. The molecule has 0 unspecified atom stereocenters. The largest absolute Gasteiger partial charge is 0.480 e. The number of likely N-dealkylation sites (tertiary alicyclic amines) is 5. The number of ether oxygens (including phenoxy) is 2. The summed E-state index contributed by atoms with van der Waals surface area (Å²) in [5.74, 6) is -2.23. The molecule has 6 N–H and O–H groups in total. The first-order valence-corrected chi connectivity index (χ1v) is 53.6. The number of hydrogen-bond acceptors (Lipinski definition) is 21. The molecule has 12 aliphatic rings. The number of nitrogens with two attached hydrogens (primary N) is 1. The zero-order valence-electron chi connectivity index (χ0n) is 83.9. The van der Waals surface area contributed by atoms with E-state index in [1.54, 1.807) is 56.2 Å². The highest BCUT2D eigenvalue weighted by atomic mass is 35.5. The summed E-state index contributed by atoms with van der Waals surface area (Å²) in [5, 5.41) is 23.7. The third-order valence-electron chi connectivity index (χ3n) is 28.4. The topological polar surface area (TPSA) is 300 Å². The van der Waals surface area contributed by atoms with Crippen molar-refractivity contribution in [2.24, 2.45) is 38.5 Å². The SMILES string of the molecule is CC(C)(C)OC(=O)N[C@H]1CNC[C@@H]1F.CC(C)C1=C(C(=O)N2[C@H](C)CC[C@H]2C(=O)N2C[C@H](N)[C@@H](F)C2)SC2=N[C@@](C)(c3ccc(Cl)cc3)[C@@H](c3ccc(Cl)cc3)N21.CC(C)C1=C(C(=O)N2[C@H](C)CC[C@H]2C(=O)N2C[C@H](NC(=O)OC(C)(C)C)[C@@H](F)C2)SC2=N[C@@](C)(c3ccc(Cl)cc3)[C@@H](c3ccc(Cl)cc3)N21.CC(C)C1=C(C(=O)N2[C@H](C)CC[C@H]2C(=O)O)SC2=N[C@@](C)(c3ccc(Cl)cc3)[C@@H](c3ccc(Cl)cc3)N21. The van der Waals surface area contributed by atoms with Crippen molar-refractivity contribution < 1.29 is 66.1 Å². The summed E-state index contributed by atoms with van der Waals surface area (Å²) in [7, 11) is 0. The summed E-state index contributed by atoms with van der Waals surface area (Å²) >= 11 is 41.6. The monoisotopic (exact) mass is 2150 g/mol. The molecule has 7 amide bonds. The molecule has 6 saturated heterocycles. The number of thioether (sulfide) groups is 3. The fraction of sp³-hybridized carbons (Fsp3) is 0.500. The van der Waals surface area contributed by atoms with Crippen LogP contribution >= 0.6 is 105 Å². The highest BCUT2D eigenvalue weighted by Crippen LogP contribution is 2.61. The maximum absolute atomic E-state index is 15.1. The Balaban J connectivity index is 0.000000153. The van der Waals surface area contributed by atoms with Gasteiger partial charge >= 0.3 is 18.2 Å². The summed E-state index contributed by atoms with van der Waals surface area (Å²) in [6.07, 6.45) is -1.56. The fourth-order valence-corrected chi connectivity index (χ4v) is 26.2. The minimum absolute atomic E-state index is 0.00250. The normalized spacial score (nSPS) is 28.5. The molecule has 6 aromatic carbocycles. The van der Waals surface area contributed by atoms with Crippen LogP contribution in [0.3, 0.4) is 0 Å². The van der Waals surface area contributed by atoms with Gasteiger partial charge in [0.2, 0.25) is 11.8 Å². The first-order chi connectivity index (χ1) is 67.8. The van der Waals surface area contributed by atoms with Crippen molar-refractivity contribution in [3.05, 3.63) is 241 Å². The van der Waals surface area contributed by atoms with Crippen molar-refractivity contribution in [3.63, 3.8) is 0 Å². The molecule has 18 rings (SSSR count). The first-order valence-electron chi connectivity index (χ1n) is 48.9. The quantitative estimate of drug-likeness (QED) is 0.0567. The van der Waals surface area contributed by atoms with Crippen LogP contribution in [0.1, 0.15) is 215 Å². The summed E-state index contributed by atoms with van der Waals surface area (Å²) < 4.78 is 52.7. The molecule has 0 spiro atoms. The van der Waals surface area contributed by atoms with Crippen molar-refractivity contribution in [1.82, 2.24) is 55.1 Å². The van der Waals surface area contributed by atoms with Gasteiger partial charge in [0.15, 0.2) is 15.5 Å². The van der Waals surface area contributed by atoms with Crippen molar-refractivity contribution in [2.45, 2.75) is 282 Å². The van der Waals surface area contributed by atoms with Crippen LogP contribution in [0.4, 0.5) is 22.8 Å². The van der Waals surface area contributed by atoms with E-state index in [1.807, 2.05) is 166 Å². The number of fused-ring (bicyclic) bond motifs is 3. The Labute approximate surface area is 883 Å². The number of nitrogens with one attached hydrogen (secondary N) is 3. The van der Waals surface area contributed by atoms with E-state index in [1.165, 1.54) is 45.1 Å². The van der Waals surface area contributed by atoms with Crippen LogP contribution in [-0.2, 0) is 54.9 Å². The van der Waals surface area contributed by atoms with Gasteiger partial charge < -0.3 is 75.5 Å². The maximum atomic E-state index is 15.1. The van der Waals surface area contributed by atoms with Crippen molar-refractivity contribution in [2.75, 3.05) is 39.3 Å². The zero-order chi connectivity index (χ0) is 104. The summed E-state index contributed by atoms with van der Waals surface area (Å²) in [5.41, 5.74) is 11.2. The highest BCUT2D eigenvalue weighted by molar-refractivity contribution is 8.18. The van der Waals surface area contributed by atoms with E-state index >= 15 is 4.39 Å². The molecular formula is C106H126Cl6F3N15O11S3. The van der Waals surface area contributed by atoms with Gasteiger partial charge in [-0.15, -0.1) is 0 Å². The maximum Gasteiger partial charge on any atom is 0.408 e. The average molecular weight is 2150 g/mol. The molecule has 18 atom stereocenters. The number of amidine groups is 3. The molecule has 6 aromatic rings. The van der Waals surface area contributed by atoms with Crippen LogP contribution < -0.4 is 21.7 Å². The predicted octanol–water partition coefficient (Wildman–Crippen LogP) is 21.3. The second-order valence-electron chi connectivity index (χ2n) is 42.2. The number of carboxylic acid groups (broad SMARTS) is 1. The lowest BCUT2D eigenvalue weighted by molar-refractivity contribution is -0.147. The zero-order valence-corrected chi connectivity index (χ0v) is 90.9. The van der Waals surface area contributed by atoms with Crippen molar-refractivity contribution in [1.29, 1.82) is 0 Å². The van der Waals surface area contributed by atoms with Crippen molar-refractivity contribution >= 4 is 168 Å². The van der Waals surface area contributed by atoms with Gasteiger partial charge in [0.1, 0.15) is 79.2 Å². The van der Waals surface area contributed by atoms with E-state index in [9.17, 15) is 52.2 Å². The lowest BCUT2D eigenvalue weighted by Gasteiger charge is -2.37. The Morgan fingerprint density at radius 1 is 0.417 bits per heavy atom. The van der Waals surface area contributed by atoms with Gasteiger partial charge in [-0.05, 0) is 281 Å². The summed E-state index contributed by atoms with van der Waals surface area (Å²) in [6.45, 7) is 35.7. The minimum Gasteiger partial charge on any atom is -0.480 e. The standard InChI is InChI=1S/C37H44Cl2FN5O4S.C32H36Cl2FN5O2S.C28H29Cl2N3O3S.C9H17FN2O2/c1-20(2)29-30(50-34-42-37(7,23-11-15-25(39)16-12-23)31(45(29)34)22-9-13-24(38)14-10-22)33(47)44-21(3)8-17-28(44)32(46)43-18-26(40)27(19-43)41-35(48)49-36(4,5)6;1-17(2)26-27(30(42)39-18(3)5-14-25(39)29(41)38-15-23(35)24(36)16-38)43-31-37-32(4,20-8-12-22(34)13-9-20)28(40(26)31)19-6-10-21(33)11-7-19;1-15(2)22-23(25(34)32-16(3)5-14-21(32)26(35)36)37-27-31-28(4,18-8-12-20(30)13-9-18)24(33(22)27)17-6-10-19(29)11-7-17;1-9(2,3)14-8(13)12-7-5-11-4-6(7)10/h9-16,20-21,26-28,31H,8,17-19H2,1-7H3,(H,41,48);6-13,17-18,23-25,28H,5,14-16,36H2,1-4H3;6-13,15-16,21,24H,5,14H2,1-4H3,(H,35,36);6-7,11H,4-5H2,1-3H3,(H,12,13)/t21-,26+,27+,28+,31-,37+;18-,23+,24+,25+,28-,32+;16-,21+,24-,28+;6-,7-/m1110/s1. The third kappa shape index (κ3) is 22.4. The number of alkyl halides is 3. The number of carboxylic acids is 1. The Kier molecular flexibility index (Phi) is 33.0. The molecule has 0 radical (unpaired) electrons. The van der Waals surface area contributed by atoms with Gasteiger partial charge in [-0.25, -0.2) is 42.5 Å². The van der Waals surface area contributed by atoms with E-state index in [2.05, 4.69) is 93.0 Å². The molecule has 38 heteroatoms. The lowest BCUT2D eigenvalue weighted by atomic mass is 9.81. The Hall–Kier alpha value is -9.19. The molecule has 772 valence electrons. The number of allylic oxidation sites excluding steroid dienone is 3. The van der Waals surface area contributed by atoms with Gasteiger partial charge in [-0.3, -0.25) is 24.0 Å². The molecule has 26 nitrogen and oxygen atoms in total. The van der Waals surface area contributed by atoms with Gasteiger partial charge in [-0.1, -0.05) is 184 Å². The average Bonchev–Trinajstić information content (AvgIpc) is 1.56. The highest BCUT2D eigenvalue weighted by Gasteiger charge is 2.60. The smallest absolute Gasteiger partial charge is 0.408 e. The van der Waals surface area contributed by atoms with E-state index in [0.717, 1.165) is 60.8 Å². The van der Waals surface area contributed by atoms with Gasteiger partial charge in [0, 0.05) is 91.5 Å². The van der Waals surface area contributed by atoms with Crippen LogP contribution in [0.15, 0.2) is 192 Å². The molecule has 0 bridgehead atoms. The number of aliphatic imine (C=N–C) groups is 3. The molecule has 0 aromatic heterocycles. The van der Waals surface area contributed by atoms with E-state index in [-0.39, 0.29) is 110 Å². The number of aliphatic carboxylic acids is 1. The number of benzene rings is 6. The number of rotatable bonds is 17. The van der Waals surface area contributed by atoms with Gasteiger partial charge in [0.25, 0.3) is 17.7 Å². The van der Waals surface area contributed by atoms with Crippen LogP contribution in [-0.4, -0.2) is 231 Å². The van der Waals surface area contributed by atoms with Crippen molar-refractivity contribution in [3.8, 4) is 0 Å². The molecule has 6 fully saturated rings. The second-order valence-corrected chi connectivity index (χ2v) is 47.7. The number of amides is 7. The van der Waals surface area contributed by atoms with Gasteiger partial charge in [-0.2, -0.15) is 0 Å². The number of alkyl carbamates (subject to hydrolysis) is 2. The van der Waals surface area contributed by atoms with E-state index < -0.39 is 101 Å².